The number of benzene rings is 2. The van der Waals surface area contributed by atoms with Crippen molar-refractivity contribution < 1.29 is 22.5 Å². The summed E-state index contributed by atoms with van der Waals surface area (Å²) >= 11 is 5.70. The predicted octanol–water partition coefficient (Wildman–Crippen LogP) is 3.48. The van der Waals surface area contributed by atoms with Crippen LogP contribution in [-0.2, 0) is 17.1 Å². The standard InChI is InChI=1S/C18H15ClFN5O5S/c1-10-3-5-12(25(27)28)8-16(10)31(29,30)23-17-13(9-24(2)22-17)18(26)21-11-4-6-15(20)14(19)7-11/h3-9H,1-2H3,(H,21,26)(H,22,23). The Morgan fingerprint density at radius 2 is 1.97 bits per heavy atom. The predicted molar refractivity (Wildman–Crippen MR) is 111 cm³/mol. The molecule has 1 heterocycles. The van der Waals surface area contributed by atoms with Gasteiger partial charge in [-0.1, -0.05) is 17.7 Å². The monoisotopic (exact) mass is 467 g/mol. The number of amides is 1. The molecule has 0 saturated carbocycles. The smallest absolute Gasteiger partial charge is 0.270 e. The fourth-order valence-electron chi connectivity index (χ4n) is 2.68. The zero-order valence-electron chi connectivity index (χ0n) is 16.1. The van der Waals surface area contributed by atoms with Crippen LogP contribution in [0.25, 0.3) is 0 Å². The van der Waals surface area contributed by atoms with Gasteiger partial charge in [-0.25, -0.2) is 12.8 Å². The number of anilines is 2. The van der Waals surface area contributed by atoms with E-state index >= 15 is 0 Å². The Bertz CT molecular complexity index is 1310. The summed E-state index contributed by atoms with van der Waals surface area (Å²) in [7, 11) is -2.83. The molecule has 1 aromatic heterocycles. The molecule has 0 unspecified atom stereocenters. The van der Waals surface area contributed by atoms with E-state index in [4.69, 9.17) is 11.6 Å². The highest BCUT2D eigenvalue weighted by Gasteiger charge is 2.25. The van der Waals surface area contributed by atoms with Crippen LogP contribution < -0.4 is 10.0 Å². The summed E-state index contributed by atoms with van der Waals surface area (Å²) in [5, 5.41) is 17.2. The number of hydrogen-bond acceptors (Lipinski definition) is 6. The molecule has 0 saturated heterocycles. The highest BCUT2D eigenvalue weighted by Crippen LogP contribution is 2.26. The first kappa shape index (κ1) is 22.2. The van der Waals surface area contributed by atoms with Gasteiger partial charge in [0.05, 0.1) is 14.8 Å². The van der Waals surface area contributed by atoms with Crippen molar-refractivity contribution >= 4 is 44.7 Å². The van der Waals surface area contributed by atoms with E-state index in [1.807, 2.05) is 0 Å². The van der Waals surface area contributed by atoms with E-state index in [2.05, 4.69) is 15.1 Å². The fourth-order valence-corrected chi connectivity index (χ4v) is 4.14. The second kappa shape index (κ2) is 8.32. The van der Waals surface area contributed by atoms with Gasteiger partial charge in [0.1, 0.15) is 11.4 Å². The molecule has 13 heteroatoms. The maximum absolute atomic E-state index is 13.3. The number of carbonyl (C=O) groups excluding carboxylic acids is 1. The molecule has 0 fully saturated rings. The Kier molecular flexibility index (Phi) is 5.95. The molecule has 0 radical (unpaired) electrons. The van der Waals surface area contributed by atoms with E-state index in [1.165, 1.54) is 49.1 Å². The number of aryl methyl sites for hydroxylation is 2. The number of nitrogens with one attached hydrogen (secondary N) is 2. The van der Waals surface area contributed by atoms with Gasteiger partial charge in [-0.05, 0) is 30.7 Å². The molecule has 0 atom stereocenters. The second-order valence-electron chi connectivity index (χ2n) is 6.46. The fraction of sp³-hybridized carbons (Fsp3) is 0.111. The topological polar surface area (TPSA) is 136 Å². The lowest BCUT2D eigenvalue weighted by atomic mass is 10.2. The summed E-state index contributed by atoms with van der Waals surface area (Å²) < 4.78 is 42.4. The first-order valence-corrected chi connectivity index (χ1v) is 10.4. The number of non-ortho nitro benzene ring substituents is 1. The summed E-state index contributed by atoms with van der Waals surface area (Å²) in [4.78, 5) is 22.6. The van der Waals surface area contributed by atoms with Crippen molar-refractivity contribution in [1.82, 2.24) is 9.78 Å². The molecule has 1 amide bonds. The molecule has 2 aromatic carbocycles. The molecular weight excluding hydrogens is 453 g/mol. The van der Waals surface area contributed by atoms with E-state index in [0.717, 1.165) is 12.1 Å². The largest absolute Gasteiger partial charge is 0.322 e. The lowest BCUT2D eigenvalue weighted by molar-refractivity contribution is -0.385. The number of hydrogen-bond donors (Lipinski definition) is 2. The quantitative estimate of drug-likeness (QED) is 0.420. The summed E-state index contributed by atoms with van der Waals surface area (Å²) in [6, 6.07) is 6.95. The van der Waals surface area contributed by atoms with E-state index in [0.29, 0.717) is 0 Å². The van der Waals surface area contributed by atoms with Crippen LogP contribution in [-0.4, -0.2) is 29.0 Å². The lowest BCUT2D eigenvalue weighted by Gasteiger charge is -2.10. The summed E-state index contributed by atoms with van der Waals surface area (Å²) in [6.45, 7) is 1.47. The molecule has 31 heavy (non-hydrogen) atoms. The Balaban J connectivity index is 1.93. The third kappa shape index (κ3) is 4.81. The van der Waals surface area contributed by atoms with Gasteiger partial charge in [0.15, 0.2) is 5.82 Å². The molecule has 0 spiro atoms. The molecule has 10 nitrogen and oxygen atoms in total. The minimum Gasteiger partial charge on any atom is -0.322 e. The number of nitrogens with zero attached hydrogens (tertiary/aromatic N) is 3. The SMILES string of the molecule is Cc1ccc([N+](=O)[O-])cc1S(=O)(=O)Nc1nn(C)cc1C(=O)Nc1ccc(F)c(Cl)c1. The van der Waals surface area contributed by atoms with Crippen LogP contribution in [0.5, 0.6) is 0 Å². The van der Waals surface area contributed by atoms with Crippen LogP contribution in [0.3, 0.4) is 0 Å². The molecule has 162 valence electrons. The molecule has 3 rings (SSSR count). The zero-order chi connectivity index (χ0) is 22.9. The summed E-state index contributed by atoms with van der Waals surface area (Å²) in [6.07, 6.45) is 1.28. The van der Waals surface area contributed by atoms with Crippen molar-refractivity contribution in [3.63, 3.8) is 0 Å². The van der Waals surface area contributed by atoms with Gasteiger partial charge in [0.2, 0.25) is 0 Å². The first-order valence-electron chi connectivity index (χ1n) is 8.56. The van der Waals surface area contributed by atoms with Crippen molar-refractivity contribution in [3.8, 4) is 0 Å². The number of carbonyl (C=O) groups is 1. The number of aromatic nitrogens is 2. The van der Waals surface area contributed by atoms with Crippen LogP contribution in [0.2, 0.25) is 5.02 Å². The van der Waals surface area contributed by atoms with E-state index in [9.17, 15) is 27.7 Å². The normalized spacial score (nSPS) is 11.2. The molecule has 0 aliphatic rings. The Labute approximate surface area is 180 Å². The Hall–Kier alpha value is -3.51. The summed E-state index contributed by atoms with van der Waals surface area (Å²) in [5.74, 6) is -1.69. The van der Waals surface area contributed by atoms with Crippen LogP contribution in [0.1, 0.15) is 15.9 Å². The van der Waals surface area contributed by atoms with Gasteiger partial charge in [-0.15, -0.1) is 0 Å². The number of halogens is 2. The number of nitro benzene ring substituents is 1. The van der Waals surface area contributed by atoms with Crippen molar-refractivity contribution in [2.45, 2.75) is 11.8 Å². The van der Waals surface area contributed by atoms with Gasteiger partial charge >= 0.3 is 0 Å². The second-order valence-corrected chi connectivity index (χ2v) is 8.52. The maximum atomic E-state index is 13.3. The highest BCUT2D eigenvalue weighted by molar-refractivity contribution is 7.92. The average Bonchev–Trinajstić information content (AvgIpc) is 3.04. The third-order valence-electron chi connectivity index (χ3n) is 4.15. The van der Waals surface area contributed by atoms with E-state index < -0.39 is 32.4 Å². The Morgan fingerprint density at radius 1 is 1.26 bits per heavy atom. The Morgan fingerprint density at radius 3 is 2.61 bits per heavy atom. The van der Waals surface area contributed by atoms with Gasteiger partial charge in [-0.2, -0.15) is 5.10 Å². The van der Waals surface area contributed by atoms with Gasteiger partial charge in [0, 0.05) is 31.1 Å². The van der Waals surface area contributed by atoms with Crippen molar-refractivity contribution in [2.75, 3.05) is 10.0 Å². The molecule has 2 N–H and O–H groups in total. The third-order valence-corrected chi connectivity index (χ3v) is 5.92. The number of sulfonamides is 1. The van der Waals surface area contributed by atoms with Gasteiger partial charge in [0.25, 0.3) is 21.6 Å². The average molecular weight is 468 g/mol. The van der Waals surface area contributed by atoms with E-state index in [1.54, 1.807) is 0 Å². The number of nitro groups is 1. The highest BCUT2D eigenvalue weighted by atomic mass is 35.5. The van der Waals surface area contributed by atoms with Crippen molar-refractivity contribution in [3.05, 3.63) is 74.7 Å². The van der Waals surface area contributed by atoms with Crippen LogP contribution in [0.4, 0.5) is 21.6 Å². The first-order chi connectivity index (χ1) is 14.5. The molecule has 0 aliphatic heterocycles. The minimum atomic E-state index is -4.31. The van der Waals surface area contributed by atoms with Crippen molar-refractivity contribution in [2.24, 2.45) is 7.05 Å². The van der Waals surface area contributed by atoms with Crippen LogP contribution in [0.15, 0.2) is 47.5 Å². The zero-order valence-corrected chi connectivity index (χ0v) is 17.7. The maximum Gasteiger partial charge on any atom is 0.270 e. The molecule has 3 aromatic rings. The lowest BCUT2D eigenvalue weighted by Crippen LogP contribution is -2.19. The van der Waals surface area contributed by atoms with E-state index in [-0.39, 0.29) is 32.6 Å². The van der Waals surface area contributed by atoms with Crippen LogP contribution in [0, 0.1) is 22.9 Å². The molecule has 0 bridgehead atoms. The van der Waals surface area contributed by atoms with Crippen LogP contribution >= 0.6 is 11.6 Å². The molecule has 0 aliphatic carbocycles. The minimum absolute atomic E-state index is 0.130. The number of rotatable bonds is 6. The summed E-state index contributed by atoms with van der Waals surface area (Å²) in [5.41, 5.74) is -0.0858. The molecular formula is C18H15ClFN5O5S. The van der Waals surface area contributed by atoms with Gasteiger partial charge < -0.3 is 5.32 Å². The van der Waals surface area contributed by atoms with Gasteiger partial charge in [-0.3, -0.25) is 24.3 Å². The van der Waals surface area contributed by atoms with Crippen molar-refractivity contribution in [1.29, 1.82) is 0 Å².